The molecule has 0 unspecified atom stereocenters. The molecule has 1 amide bonds. The molecule has 0 saturated carbocycles. The third-order valence-electron chi connectivity index (χ3n) is 3.57. The van der Waals surface area contributed by atoms with E-state index in [9.17, 15) is 4.79 Å². The maximum absolute atomic E-state index is 12.0. The molecule has 1 saturated heterocycles. The van der Waals surface area contributed by atoms with Gasteiger partial charge in [0.2, 0.25) is 5.91 Å². The van der Waals surface area contributed by atoms with Crippen LogP contribution in [0.4, 0.5) is 11.6 Å². The average molecular weight is 277 g/mol. The van der Waals surface area contributed by atoms with E-state index < -0.39 is 0 Å². The van der Waals surface area contributed by atoms with Crippen molar-refractivity contribution in [3.63, 3.8) is 0 Å². The number of rotatable bonds is 5. The molecule has 110 valence electrons. The third-order valence-corrected chi connectivity index (χ3v) is 3.57. The number of likely N-dealkylation sites (tertiary alicyclic amines) is 1. The number of nitrogens with zero attached hydrogens (tertiary/aromatic N) is 3. The summed E-state index contributed by atoms with van der Waals surface area (Å²) in [4.78, 5) is 22.6. The van der Waals surface area contributed by atoms with Gasteiger partial charge in [-0.25, -0.2) is 9.97 Å². The highest BCUT2D eigenvalue weighted by molar-refractivity contribution is 5.81. The highest BCUT2D eigenvalue weighted by Crippen LogP contribution is 2.18. The summed E-state index contributed by atoms with van der Waals surface area (Å²) < 4.78 is 0. The van der Waals surface area contributed by atoms with Crippen LogP contribution in [-0.2, 0) is 11.2 Å². The molecule has 0 atom stereocenters. The molecule has 1 aliphatic rings. The smallest absolute Gasteiger partial charge is 0.241 e. The molecule has 0 aliphatic carbocycles. The first-order chi connectivity index (χ1) is 9.61. The van der Waals surface area contributed by atoms with Gasteiger partial charge < -0.3 is 16.0 Å². The predicted molar refractivity (Wildman–Crippen MR) is 79.5 cm³/mol. The lowest BCUT2D eigenvalue weighted by Gasteiger charge is -2.17. The first-order valence-electron chi connectivity index (χ1n) is 7.26. The molecule has 1 aromatic rings. The number of amides is 1. The number of aromatic nitrogens is 2. The molecular weight excluding hydrogens is 254 g/mol. The van der Waals surface area contributed by atoms with Crippen LogP contribution in [0.2, 0.25) is 0 Å². The zero-order chi connectivity index (χ0) is 14.5. The van der Waals surface area contributed by atoms with Gasteiger partial charge in [-0.1, -0.05) is 6.92 Å². The van der Waals surface area contributed by atoms with E-state index in [0.29, 0.717) is 11.6 Å². The van der Waals surface area contributed by atoms with Gasteiger partial charge in [-0.15, -0.1) is 0 Å². The number of carbonyl (C=O) groups is 1. The van der Waals surface area contributed by atoms with Gasteiger partial charge in [-0.05, 0) is 26.2 Å². The summed E-state index contributed by atoms with van der Waals surface area (Å²) >= 11 is 0. The maximum atomic E-state index is 12.0. The maximum Gasteiger partial charge on any atom is 0.241 e. The Balaban J connectivity index is 2.02. The number of hydrogen-bond donors (Lipinski definition) is 2. The zero-order valence-corrected chi connectivity index (χ0v) is 12.3. The van der Waals surface area contributed by atoms with Crippen LogP contribution >= 0.6 is 0 Å². The van der Waals surface area contributed by atoms with Crippen molar-refractivity contribution in [2.45, 2.75) is 39.5 Å². The van der Waals surface area contributed by atoms with Crippen LogP contribution in [0.1, 0.15) is 37.6 Å². The van der Waals surface area contributed by atoms with Gasteiger partial charge >= 0.3 is 0 Å². The molecule has 1 aromatic heterocycles. The summed E-state index contributed by atoms with van der Waals surface area (Å²) in [6.45, 7) is 5.94. The number of anilines is 2. The molecule has 1 fully saturated rings. The van der Waals surface area contributed by atoms with Crippen LogP contribution in [-0.4, -0.2) is 40.4 Å². The number of nitrogens with two attached hydrogens (primary N) is 1. The highest BCUT2D eigenvalue weighted by atomic mass is 16.2. The molecule has 2 rings (SSSR count). The Kier molecular flexibility index (Phi) is 4.76. The van der Waals surface area contributed by atoms with Crippen molar-refractivity contribution in [3.8, 4) is 0 Å². The van der Waals surface area contributed by atoms with E-state index in [1.807, 2.05) is 11.8 Å². The second-order valence-corrected chi connectivity index (χ2v) is 5.19. The summed E-state index contributed by atoms with van der Waals surface area (Å²) in [7, 11) is 0. The highest BCUT2D eigenvalue weighted by Gasteiger charge is 2.18. The normalized spacial score (nSPS) is 14.6. The standard InChI is InChI=1S/C14H23N5O/c1-3-6-11-17-13(15)10(2)14(18-11)16-9-12(20)19-7-4-5-8-19/h3-9H2,1-2H3,(H3,15,16,17,18). The fraction of sp³-hybridized carbons (Fsp3) is 0.643. The van der Waals surface area contributed by atoms with Crippen LogP contribution in [0.3, 0.4) is 0 Å². The van der Waals surface area contributed by atoms with Crippen LogP contribution in [0.5, 0.6) is 0 Å². The fourth-order valence-corrected chi connectivity index (χ4v) is 2.33. The number of nitrogens with one attached hydrogen (secondary N) is 1. The minimum Gasteiger partial charge on any atom is -0.383 e. The molecule has 6 heteroatoms. The fourth-order valence-electron chi connectivity index (χ4n) is 2.33. The van der Waals surface area contributed by atoms with E-state index in [1.54, 1.807) is 0 Å². The SMILES string of the molecule is CCCc1nc(N)c(C)c(NCC(=O)N2CCCC2)n1. The van der Waals surface area contributed by atoms with Crippen LogP contribution in [0.25, 0.3) is 0 Å². The Hall–Kier alpha value is -1.85. The van der Waals surface area contributed by atoms with Gasteiger partial charge in [0.15, 0.2) is 0 Å². The Morgan fingerprint density at radius 3 is 2.70 bits per heavy atom. The monoisotopic (exact) mass is 277 g/mol. The first kappa shape index (κ1) is 14.6. The Morgan fingerprint density at radius 1 is 1.35 bits per heavy atom. The lowest BCUT2D eigenvalue weighted by molar-refractivity contribution is -0.128. The van der Waals surface area contributed by atoms with E-state index in [4.69, 9.17) is 5.73 Å². The van der Waals surface area contributed by atoms with Crippen molar-refractivity contribution >= 4 is 17.5 Å². The van der Waals surface area contributed by atoms with Crippen LogP contribution in [0.15, 0.2) is 0 Å². The topological polar surface area (TPSA) is 84.1 Å². The number of nitrogen functional groups attached to an aromatic ring is 1. The quantitative estimate of drug-likeness (QED) is 0.849. The minimum absolute atomic E-state index is 0.121. The molecule has 0 aromatic carbocycles. The largest absolute Gasteiger partial charge is 0.383 e. The number of aryl methyl sites for hydroxylation is 1. The van der Waals surface area contributed by atoms with Crippen molar-refractivity contribution < 1.29 is 4.79 Å². The summed E-state index contributed by atoms with van der Waals surface area (Å²) in [6, 6.07) is 0. The van der Waals surface area contributed by atoms with E-state index >= 15 is 0 Å². The summed E-state index contributed by atoms with van der Waals surface area (Å²) in [6.07, 6.45) is 3.96. The number of hydrogen-bond acceptors (Lipinski definition) is 5. The molecule has 0 radical (unpaired) electrons. The first-order valence-corrected chi connectivity index (χ1v) is 7.26. The van der Waals surface area contributed by atoms with Gasteiger partial charge in [-0.2, -0.15) is 0 Å². The van der Waals surface area contributed by atoms with Gasteiger partial charge in [0.1, 0.15) is 17.5 Å². The molecule has 2 heterocycles. The third kappa shape index (κ3) is 3.37. The zero-order valence-electron chi connectivity index (χ0n) is 12.3. The van der Waals surface area contributed by atoms with Crippen molar-refractivity contribution in [2.24, 2.45) is 0 Å². The second kappa shape index (κ2) is 6.54. The van der Waals surface area contributed by atoms with Crippen LogP contribution < -0.4 is 11.1 Å². The minimum atomic E-state index is 0.121. The molecule has 0 spiro atoms. The van der Waals surface area contributed by atoms with Crippen LogP contribution in [0, 0.1) is 6.92 Å². The van der Waals surface area contributed by atoms with E-state index in [1.165, 1.54) is 0 Å². The molecule has 20 heavy (non-hydrogen) atoms. The second-order valence-electron chi connectivity index (χ2n) is 5.19. The van der Waals surface area contributed by atoms with Gasteiger partial charge in [0.05, 0.1) is 6.54 Å². The Morgan fingerprint density at radius 2 is 2.05 bits per heavy atom. The van der Waals surface area contributed by atoms with E-state index in [2.05, 4.69) is 22.2 Å². The van der Waals surface area contributed by atoms with Crippen molar-refractivity contribution in [1.82, 2.24) is 14.9 Å². The average Bonchev–Trinajstić information content (AvgIpc) is 2.95. The van der Waals surface area contributed by atoms with Crippen molar-refractivity contribution in [1.29, 1.82) is 0 Å². The summed E-state index contributed by atoms with van der Waals surface area (Å²) in [5, 5.41) is 3.11. The molecule has 0 bridgehead atoms. The Bertz CT molecular complexity index is 483. The van der Waals surface area contributed by atoms with E-state index in [-0.39, 0.29) is 12.5 Å². The van der Waals surface area contributed by atoms with Crippen molar-refractivity contribution in [3.05, 3.63) is 11.4 Å². The van der Waals surface area contributed by atoms with Gasteiger partial charge in [-0.3, -0.25) is 4.79 Å². The summed E-state index contributed by atoms with van der Waals surface area (Å²) in [5.41, 5.74) is 6.70. The molecule has 1 aliphatic heterocycles. The van der Waals surface area contributed by atoms with Crippen molar-refractivity contribution in [2.75, 3.05) is 30.7 Å². The van der Waals surface area contributed by atoms with Gasteiger partial charge in [0, 0.05) is 25.1 Å². The number of carbonyl (C=O) groups excluding carboxylic acids is 1. The summed E-state index contributed by atoms with van der Waals surface area (Å²) in [5.74, 6) is 2.01. The lowest BCUT2D eigenvalue weighted by Crippen LogP contribution is -2.33. The van der Waals surface area contributed by atoms with Gasteiger partial charge in [0.25, 0.3) is 0 Å². The lowest BCUT2D eigenvalue weighted by atomic mass is 10.2. The predicted octanol–water partition coefficient (Wildman–Crippen LogP) is 1.35. The molecule has 6 nitrogen and oxygen atoms in total. The Labute approximate surface area is 119 Å². The molecular formula is C14H23N5O. The van der Waals surface area contributed by atoms with E-state index in [0.717, 1.165) is 50.2 Å². The molecule has 3 N–H and O–H groups in total.